The lowest BCUT2D eigenvalue weighted by atomic mass is 10.1. The molecule has 0 saturated carbocycles. The third kappa shape index (κ3) is 4.27. The van der Waals surface area contributed by atoms with Gasteiger partial charge in [-0.2, -0.15) is 0 Å². The number of non-ortho nitro benzene ring substituents is 1. The van der Waals surface area contributed by atoms with E-state index in [1.165, 1.54) is 6.92 Å². The molecule has 0 aromatic heterocycles. The highest BCUT2D eigenvalue weighted by atomic mass is 19.1. The van der Waals surface area contributed by atoms with Gasteiger partial charge in [-0.15, -0.1) is 0 Å². The number of rotatable bonds is 7. The first kappa shape index (κ1) is 16.0. The molecular formula is C13H17FN2O4. The van der Waals surface area contributed by atoms with Gasteiger partial charge in [0.15, 0.2) is 0 Å². The number of hydrogen-bond acceptors (Lipinski definition) is 4. The van der Waals surface area contributed by atoms with Gasteiger partial charge in [-0.3, -0.25) is 14.9 Å². The van der Waals surface area contributed by atoms with E-state index < -0.39 is 16.6 Å². The highest BCUT2D eigenvalue weighted by molar-refractivity contribution is 5.95. The summed E-state index contributed by atoms with van der Waals surface area (Å²) in [6.45, 7) is 4.65. The molecule has 0 saturated heterocycles. The quantitative estimate of drug-likeness (QED) is 0.473. The number of nitrogens with zero attached hydrogens (tertiary/aromatic N) is 1. The molecule has 1 amide bonds. The van der Waals surface area contributed by atoms with E-state index in [9.17, 15) is 19.3 Å². The van der Waals surface area contributed by atoms with Gasteiger partial charge in [-0.1, -0.05) is 0 Å². The molecule has 1 aromatic carbocycles. The maximum atomic E-state index is 13.8. The number of amides is 1. The van der Waals surface area contributed by atoms with Crippen LogP contribution in [0.5, 0.6) is 0 Å². The standard InChI is InChI=1S/C13H17FN2O4/c1-3-20-6-4-5-15-13(17)11-8-10(16(18)19)7-9(2)12(11)14/h7-8H,3-6H2,1-2H3,(H,15,17). The average molecular weight is 284 g/mol. The van der Waals surface area contributed by atoms with Crippen molar-refractivity contribution in [3.05, 3.63) is 39.2 Å². The zero-order valence-electron chi connectivity index (χ0n) is 11.4. The number of carbonyl (C=O) groups is 1. The van der Waals surface area contributed by atoms with E-state index in [0.717, 1.165) is 12.1 Å². The van der Waals surface area contributed by atoms with Crippen molar-refractivity contribution in [2.24, 2.45) is 0 Å². The van der Waals surface area contributed by atoms with Gasteiger partial charge in [0.2, 0.25) is 0 Å². The van der Waals surface area contributed by atoms with E-state index >= 15 is 0 Å². The van der Waals surface area contributed by atoms with Crippen LogP contribution in [0, 0.1) is 22.9 Å². The van der Waals surface area contributed by atoms with Crippen molar-refractivity contribution in [1.82, 2.24) is 5.32 Å². The number of benzene rings is 1. The topological polar surface area (TPSA) is 81.5 Å². The van der Waals surface area contributed by atoms with E-state index in [4.69, 9.17) is 4.74 Å². The molecule has 20 heavy (non-hydrogen) atoms. The summed E-state index contributed by atoms with van der Waals surface area (Å²) in [5.41, 5.74) is -0.546. The Kier molecular flexibility index (Phi) is 6.05. The van der Waals surface area contributed by atoms with Crippen LogP contribution < -0.4 is 5.32 Å². The van der Waals surface area contributed by atoms with Crippen molar-refractivity contribution in [1.29, 1.82) is 0 Å². The highest BCUT2D eigenvalue weighted by Gasteiger charge is 2.19. The molecule has 0 unspecified atom stereocenters. The molecule has 1 aromatic rings. The van der Waals surface area contributed by atoms with Crippen LogP contribution in [0.2, 0.25) is 0 Å². The molecule has 0 aliphatic rings. The maximum absolute atomic E-state index is 13.8. The summed E-state index contributed by atoms with van der Waals surface area (Å²) in [6.07, 6.45) is 0.592. The summed E-state index contributed by atoms with van der Waals surface area (Å²) in [5, 5.41) is 13.2. The van der Waals surface area contributed by atoms with Gasteiger partial charge in [0.1, 0.15) is 5.82 Å². The fourth-order valence-electron chi connectivity index (χ4n) is 1.64. The fraction of sp³-hybridized carbons (Fsp3) is 0.462. The predicted molar refractivity (Wildman–Crippen MR) is 71.2 cm³/mol. The van der Waals surface area contributed by atoms with Gasteiger partial charge >= 0.3 is 0 Å². The molecule has 1 rings (SSSR count). The van der Waals surface area contributed by atoms with E-state index in [1.54, 1.807) is 0 Å². The lowest BCUT2D eigenvalue weighted by Gasteiger charge is -2.07. The second-order valence-corrected chi connectivity index (χ2v) is 4.19. The van der Waals surface area contributed by atoms with Crippen LogP contribution in [-0.2, 0) is 4.74 Å². The number of ether oxygens (including phenoxy) is 1. The maximum Gasteiger partial charge on any atom is 0.270 e. The molecule has 1 N–H and O–H groups in total. The molecular weight excluding hydrogens is 267 g/mol. The van der Waals surface area contributed by atoms with Gasteiger partial charge in [0.25, 0.3) is 11.6 Å². The zero-order chi connectivity index (χ0) is 15.1. The van der Waals surface area contributed by atoms with Crippen LogP contribution in [0.25, 0.3) is 0 Å². The number of hydrogen-bond donors (Lipinski definition) is 1. The number of aryl methyl sites for hydroxylation is 1. The molecule has 6 nitrogen and oxygen atoms in total. The minimum absolute atomic E-state index is 0.0682. The minimum Gasteiger partial charge on any atom is -0.382 e. The largest absolute Gasteiger partial charge is 0.382 e. The second kappa shape index (κ2) is 7.54. The van der Waals surface area contributed by atoms with E-state index in [-0.39, 0.29) is 16.8 Å². The summed E-state index contributed by atoms with van der Waals surface area (Å²) in [6, 6.07) is 2.04. The summed E-state index contributed by atoms with van der Waals surface area (Å²) in [5.74, 6) is -1.40. The Morgan fingerprint density at radius 2 is 2.20 bits per heavy atom. The normalized spacial score (nSPS) is 10.3. The third-order valence-corrected chi connectivity index (χ3v) is 2.65. The van der Waals surface area contributed by atoms with Gasteiger partial charge in [0, 0.05) is 31.9 Å². The zero-order valence-corrected chi connectivity index (χ0v) is 11.4. The molecule has 0 heterocycles. The molecule has 110 valence electrons. The van der Waals surface area contributed by atoms with Crippen molar-refractivity contribution in [3.63, 3.8) is 0 Å². The Balaban J connectivity index is 2.74. The van der Waals surface area contributed by atoms with Crippen LogP contribution in [0.4, 0.5) is 10.1 Å². The van der Waals surface area contributed by atoms with Crippen molar-refractivity contribution in [3.8, 4) is 0 Å². The molecule has 0 atom stereocenters. The summed E-state index contributed by atoms with van der Waals surface area (Å²) in [4.78, 5) is 21.9. The number of nitro benzene ring substituents is 1. The monoisotopic (exact) mass is 284 g/mol. The number of nitrogens with one attached hydrogen (secondary N) is 1. The molecule has 0 bridgehead atoms. The summed E-state index contributed by atoms with van der Waals surface area (Å²) < 4.78 is 18.9. The first-order chi connectivity index (χ1) is 9.47. The average Bonchev–Trinajstić information content (AvgIpc) is 2.41. The highest BCUT2D eigenvalue weighted by Crippen LogP contribution is 2.20. The summed E-state index contributed by atoms with van der Waals surface area (Å²) >= 11 is 0. The molecule has 0 radical (unpaired) electrons. The van der Waals surface area contributed by atoms with Crippen LogP contribution in [0.15, 0.2) is 12.1 Å². The predicted octanol–water partition coefficient (Wildman–Crippen LogP) is 2.20. The van der Waals surface area contributed by atoms with Gasteiger partial charge in [0.05, 0.1) is 10.5 Å². The van der Waals surface area contributed by atoms with E-state index in [0.29, 0.717) is 26.2 Å². The SMILES string of the molecule is CCOCCCNC(=O)c1cc([N+](=O)[O-])cc(C)c1F. The van der Waals surface area contributed by atoms with E-state index in [1.807, 2.05) is 6.92 Å². The van der Waals surface area contributed by atoms with Crippen LogP contribution >= 0.6 is 0 Å². The first-order valence-electron chi connectivity index (χ1n) is 6.27. The molecule has 0 fully saturated rings. The van der Waals surface area contributed by atoms with Gasteiger partial charge in [-0.05, 0) is 25.8 Å². The fourth-order valence-corrected chi connectivity index (χ4v) is 1.64. The molecule has 0 spiro atoms. The number of nitro groups is 1. The van der Waals surface area contributed by atoms with Crippen LogP contribution in [0.3, 0.4) is 0 Å². The molecule has 0 aliphatic heterocycles. The Morgan fingerprint density at radius 1 is 1.50 bits per heavy atom. The lowest BCUT2D eigenvalue weighted by molar-refractivity contribution is -0.385. The van der Waals surface area contributed by atoms with Crippen molar-refractivity contribution in [2.75, 3.05) is 19.8 Å². The van der Waals surface area contributed by atoms with E-state index in [2.05, 4.69) is 5.32 Å². The van der Waals surface area contributed by atoms with Crippen LogP contribution in [-0.4, -0.2) is 30.6 Å². The summed E-state index contributed by atoms with van der Waals surface area (Å²) in [7, 11) is 0. The van der Waals surface area contributed by atoms with Gasteiger partial charge in [-0.25, -0.2) is 4.39 Å². The number of carbonyl (C=O) groups excluding carboxylic acids is 1. The second-order valence-electron chi connectivity index (χ2n) is 4.19. The first-order valence-corrected chi connectivity index (χ1v) is 6.27. The lowest BCUT2D eigenvalue weighted by Crippen LogP contribution is -2.26. The number of halogens is 1. The third-order valence-electron chi connectivity index (χ3n) is 2.65. The van der Waals surface area contributed by atoms with Crippen molar-refractivity contribution >= 4 is 11.6 Å². The van der Waals surface area contributed by atoms with Crippen molar-refractivity contribution in [2.45, 2.75) is 20.3 Å². The molecule has 0 aliphatic carbocycles. The Morgan fingerprint density at radius 3 is 2.80 bits per heavy atom. The molecule has 7 heteroatoms. The smallest absolute Gasteiger partial charge is 0.270 e. The van der Waals surface area contributed by atoms with Crippen molar-refractivity contribution < 1.29 is 18.8 Å². The Labute approximate surface area is 116 Å². The van der Waals surface area contributed by atoms with Gasteiger partial charge < -0.3 is 10.1 Å². The Hall–Kier alpha value is -2.02. The minimum atomic E-state index is -0.738. The van der Waals surface area contributed by atoms with Crippen LogP contribution in [0.1, 0.15) is 29.3 Å². The Bertz CT molecular complexity index is 505.